The molecule has 0 spiro atoms. The Kier molecular flexibility index (Phi) is 3.85. The first-order valence-corrected chi connectivity index (χ1v) is 6.82. The number of alkyl halides is 3. The van der Waals surface area contributed by atoms with Gasteiger partial charge in [-0.05, 0) is 37.3 Å². The van der Waals surface area contributed by atoms with Gasteiger partial charge in [-0.3, -0.25) is 5.43 Å². The molecule has 120 valence electrons. The fourth-order valence-corrected chi connectivity index (χ4v) is 2.16. The summed E-state index contributed by atoms with van der Waals surface area (Å²) in [4.78, 5) is 0. The molecule has 0 aliphatic carbocycles. The van der Waals surface area contributed by atoms with Gasteiger partial charge >= 0.3 is 6.18 Å². The van der Waals surface area contributed by atoms with Gasteiger partial charge in [0.2, 0.25) is 6.79 Å². The third-order valence-corrected chi connectivity index (χ3v) is 3.37. The molecular weight excluding hydrogens is 309 g/mol. The lowest BCUT2D eigenvalue weighted by Crippen LogP contribution is -2.09. The van der Waals surface area contributed by atoms with Crippen molar-refractivity contribution < 1.29 is 22.6 Å². The average molecular weight is 322 g/mol. The summed E-state index contributed by atoms with van der Waals surface area (Å²) in [7, 11) is 0. The third kappa shape index (κ3) is 3.23. The number of rotatable bonds is 3. The molecule has 0 fully saturated rings. The Hall–Kier alpha value is -2.70. The van der Waals surface area contributed by atoms with E-state index in [1.165, 1.54) is 18.2 Å². The van der Waals surface area contributed by atoms with E-state index in [9.17, 15) is 13.2 Å². The van der Waals surface area contributed by atoms with E-state index in [1.54, 1.807) is 25.1 Å². The number of benzene rings is 2. The van der Waals surface area contributed by atoms with Gasteiger partial charge in [0.05, 0.1) is 17.0 Å². The van der Waals surface area contributed by atoms with Gasteiger partial charge in [-0.2, -0.15) is 18.3 Å². The summed E-state index contributed by atoms with van der Waals surface area (Å²) >= 11 is 0. The molecule has 1 aliphatic rings. The van der Waals surface area contributed by atoms with Crippen LogP contribution in [0.5, 0.6) is 11.5 Å². The zero-order valence-corrected chi connectivity index (χ0v) is 12.1. The lowest BCUT2D eigenvalue weighted by atomic mass is 10.1. The zero-order valence-electron chi connectivity index (χ0n) is 12.1. The summed E-state index contributed by atoms with van der Waals surface area (Å²) in [5.41, 5.74) is 2.88. The number of nitrogens with zero attached hydrogens (tertiary/aromatic N) is 1. The van der Waals surface area contributed by atoms with Crippen molar-refractivity contribution in [1.29, 1.82) is 0 Å². The van der Waals surface area contributed by atoms with Crippen LogP contribution in [0.25, 0.3) is 0 Å². The number of halogens is 3. The third-order valence-electron chi connectivity index (χ3n) is 3.37. The van der Waals surface area contributed by atoms with E-state index >= 15 is 0 Å². The summed E-state index contributed by atoms with van der Waals surface area (Å²) in [6.07, 6.45) is -4.44. The minimum absolute atomic E-state index is 0.0971. The van der Waals surface area contributed by atoms with Gasteiger partial charge in [0.1, 0.15) is 0 Å². The van der Waals surface area contributed by atoms with E-state index in [0.717, 1.165) is 11.6 Å². The van der Waals surface area contributed by atoms with E-state index in [0.29, 0.717) is 17.2 Å². The predicted molar refractivity (Wildman–Crippen MR) is 79.8 cm³/mol. The SMILES string of the molecule is C/C(=N\Nc1ccccc1C(F)(F)F)c1ccc2c(c1)OCO2. The Labute approximate surface area is 130 Å². The minimum atomic E-state index is -4.44. The van der Waals surface area contributed by atoms with E-state index in [-0.39, 0.29) is 12.5 Å². The Morgan fingerprint density at radius 1 is 1.09 bits per heavy atom. The number of nitrogens with one attached hydrogen (secondary N) is 1. The van der Waals surface area contributed by atoms with Crippen molar-refractivity contribution in [3.05, 3.63) is 53.6 Å². The number of hydrogen-bond donors (Lipinski definition) is 1. The molecule has 7 heteroatoms. The van der Waals surface area contributed by atoms with Crippen molar-refractivity contribution in [3.8, 4) is 11.5 Å². The van der Waals surface area contributed by atoms with Crippen LogP contribution in [0.4, 0.5) is 18.9 Å². The number of fused-ring (bicyclic) bond motifs is 1. The van der Waals surface area contributed by atoms with Crippen molar-refractivity contribution in [1.82, 2.24) is 0 Å². The predicted octanol–water partition coefficient (Wildman–Crippen LogP) is 4.27. The van der Waals surface area contributed by atoms with Gasteiger partial charge in [0, 0.05) is 5.56 Å². The monoisotopic (exact) mass is 322 g/mol. The number of para-hydroxylation sites is 1. The van der Waals surface area contributed by atoms with Crippen LogP contribution < -0.4 is 14.9 Å². The number of hydrazone groups is 1. The number of hydrogen-bond acceptors (Lipinski definition) is 4. The summed E-state index contributed by atoms with van der Waals surface area (Å²) in [6.45, 7) is 1.85. The molecular formula is C16H13F3N2O2. The quantitative estimate of drug-likeness (QED) is 0.678. The van der Waals surface area contributed by atoms with E-state index in [2.05, 4.69) is 10.5 Å². The second kappa shape index (κ2) is 5.83. The maximum absolute atomic E-state index is 12.9. The van der Waals surface area contributed by atoms with Gasteiger partial charge < -0.3 is 9.47 Å². The molecule has 0 unspecified atom stereocenters. The first-order valence-electron chi connectivity index (χ1n) is 6.82. The number of anilines is 1. The first kappa shape index (κ1) is 15.2. The summed E-state index contributed by atoms with van der Waals surface area (Å²) in [5, 5.41) is 4.03. The Morgan fingerprint density at radius 3 is 2.61 bits per heavy atom. The van der Waals surface area contributed by atoms with E-state index in [1.807, 2.05) is 0 Å². The summed E-state index contributed by atoms with van der Waals surface area (Å²) in [5.74, 6) is 1.23. The van der Waals surface area contributed by atoms with E-state index < -0.39 is 11.7 Å². The molecule has 0 radical (unpaired) electrons. The van der Waals surface area contributed by atoms with Crippen molar-refractivity contribution in [2.75, 3.05) is 12.2 Å². The highest BCUT2D eigenvalue weighted by Crippen LogP contribution is 2.35. The Bertz CT molecular complexity index is 757. The van der Waals surface area contributed by atoms with Crippen LogP contribution in [0.1, 0.15) is 18.1 Å². The van der Waals surface area contributed by atoms with Crippen LogP contribution in [0, 0.1) is 0 Å². The first-order chi connectivity index (χ1) is 10.9. The molecule has 2 aromatic rings. The van der Waals surface area contributed by atoms with Crippen LogP contribution in [-0.2, 0) is 6.18 Å². The average Bonchev–Trinajstić information content (AvgIpc) is 2.99. The molecule has 0 amide bonds. The lowest BCUT2D eigenvalue weighted by molar-refractivity contribution is -0.136. The van der Waals surface area contributed by atoms with Crippen molar-refractivity contribution in [3.63, 3.8) is 0 Å². The van der Waals surface area contributed by atoms with E-state index in [4.69, 9.17) is 9.47 Å². The largest absolute Gasteiger partial charge is 0.454 e. The van der Waals surface area contributed by atoms with Crippen LogP contribution in [0.2, 0.25) is 0 Å². The molecule has 0 atom stereocenters. The molecule has 2 aromatic carbocycles. The Balaban J connectivity index is 1.83. The van der Waals surface area contributed by atoms with Crippen LogP contribution in [-0.4, -0.2) is 12.5 Å². The molecule has 4 nitrogen and oxygen atoms in total. The molecule has 0 saturated carbocycles. The standard InChI is InChI=1S/C16H13F3N2O2/c1-10(11-6-7-14-15(8-11)23-9-22-14)20-21-13-5-3-2-4-12(13)16(17,18)19/h2-8,21H,9H2,1H3/b20-10+. The van der Waals surface area contributed by atoms with Crippen molar-refractivity contribution in [2.45, 2.75) is 13.1 Å². The fourth-order valence-electron chi connectivity index (χ4n) is 2.16. The molecule has 3 rings (SSSR count). The van der Waals surface area contributed by atoms with Gasteiger partial charge in [-0.25, -0.2) is 0 Å². The summed E-state index contributed by atoms with van der Waals surface area (Å²) in [6, 6.07) is 10.4. The zero-order chi connectivity index (χ0) is 16.4. The highest BCUT2D eigenvalue weighted by atomic mass is 19.4. The maximum atomic E-state index is 12.9. The summed E-state index contributed by atoms with van der Waals surface area (Å²) < 4.78 is 49.3. The molecule has 0 bridgehead atoms. The smallest absolute Gasteiger partial charge is 0.418 e. The minimum Gasteiger partial charge on any atom is -0.454 e. The van der Waals surface area contributed by atoms with Gasteiger partial charge in [0.25, 0.3) is 0 Å². The number of ether oxygens (including phenoxy) is 2. The molecule has 0 aromatic heterocycles. The second-order valence-electron chi connectivity index (χ2n) is 4.92. The van der Waals surface area contributed by atoms with Gasteiger partial charge in [0.15, 0.2) is 11.5 Å². The molecule has 23 heavy (non-hydrogen) atoms. The lowest BCUT2D eigenvalue weighted by Gasteiger charge is -2.12. The van der Waals surface area contributed by atoms with Crippen LogP contribution in [0.15, 0.2) is 47.6 Å². The topological polar surface area (TPSA) is 42.9 Å². The van der Waals surface area contributed by atoms with Crippen LogP contribution in [0.3, 0.4) is 0 Å². The second-order valence-corrected chi connectivity index (χ2v) is 4.92. The van der Waals surface area contributed by atoms with Crippen molar-refractivity contribution >= 4 is 11.4 Å². The van der Waals surface area contributed by atoms with Crippen molar-refractivity contribution in [2.24, 2.45) is 5.10 Å². The fraction of sp³-hybridized carbons (Fsp3) is 0.188. The normalized spacial score (nSPS) is 14.0. The highest BCUT2D eigenvalue weighted by molar-refractivity contribution is 5.99. The molecule has 0 saturated heterocycles. The molecule has 1 heterocycles. The van der Waals surface area contributed by atoms with Gasteiger partial charge in [-0.15, -0.1) is 0 Å². The molecule has 1 aliphatic heterocycles. The molecule has 1 N–H and O–H groups in total. The Morgan fingerprint density at radius 2 is 1.83 bits per heavy atom. The van der Waals surface area contributed by atoms with Gasteiger partial charge in [-0.1, -0.05) is 12.1 Å². The van der Waals surface area contributed by atoms with Crippen LogP contribution >= 0.6 is 0 Å². The highest BCUT2D eigenvalue weighted by Gasteiger charge is 2.33. The maximum Gasteiger partial charge on any atom is 0.418 e.